The molecule has 1 N–H and O–H groups in total. The van der Waals surface area contributed by atoms with Gasteiger partial charge in [0.1, 0.15) is 18.3 Å². The van der Waals surface area contributed by atoms with Gasteiger partial charge in [-0.2, -0.15) is 11.8 Å². The van der Waals surface area contributed by atoms with Crippen LogP contribution in [-0.4, -0.2) is 56.1 Å². The first-order valence-corrected chi connectivity index (χ1v) is 9.34. The number of benzene rings is 1. The van der Waals surface area contributed by atoms with Crippen LogP contribution in [0.25, 0.3) is 0 Å². The Bertz CT molecular complexity index is 637. The molecule has 0 spiro atoms. The van der Waals surface area contributed by atoms with Crippen molar-refractivity contribution in [1.29, 1.82) is 0 Å². The molecule has 0 radical (unpaired) electrons. The van der Waals surface area contributed by atoms with Crippen molar-refractivity contribution in [1.82, 2.24) is 5.32 Å². The third kappa shape index (κ3) is 5.12. The smallest absolute Gasteiger partial charge is 0.328 e. The van der Waals surface area contributed by atoms with Crippen LogP contribution < -0.4 is 15.0 Å². The van der Waals surface area contributed by atoms with E-state index in [9.17, 15) is 14.4 Å². The van der Waals surface area contributed by atoms with Crippen LogP contribution in [0.3, 0.4) is 0 Å². The van der Waals surface area contributed by atoms with Crippen molar-refractivity contribution < 1.29 is 23.9 Å². The van der Waals surface area contributed by atoms with Gasteiger partial charge in [0.25, 0.3) is 0 Å². The van der Waals surface area contributed by atoms with E-state index < -0.39 is 17.9 Å². The molecule has 0 saturated heterocycles. The second-order valence-electron chi connectivity index (χ2n) is 5.47. The summed E-state index contributed by atoms with van der Waals surface area (Å²) in [5, 5.41) is 2.66. The fraction of sp³-hybridized carbons (Fsp3) is 0.471. The molecule has 1 aliphatic heterocycles. The summed E-state index contributed by atoms with van der Waals surface area (Å²) in [6.07, 6.45) is 2.57. The molecule has 2 rings (SSSR count). The lowest BCUT2D eigenvalue weighted by atomic mass is 10.2. The van der Waals surface area contributed by atoms with Crippen LogP contribution in [-0.2, 0) is 19.1 Å². The molecule has 1 aliphatic rings. The minimum absolute atomic E-state index is 0.175. The van der Waals surface area contributed by atoms with E-state index in [1.807, 2.05) is 12.3 Å². The van der Waals surface area contributed by atoms with E-state index in [0.29, 0.717) is 23.6 Å². The number of nitrogens with zero attached hydrogens (tertiary/aromatic N) is 1. The summed E-state index contributed by atoms with van der Waals surface area (Å²) in [4.78, 5) is 37.9. The van der Waals surface area contributed by atoms with Gasteiger partial charge in [0.15, 0.2) is 0 Å². The van der Waals surface area contributed by atoms with E-state index >= 15 is 0 Å². The molecule has 1 heterocycles. The number of ether oxygens (including phenoxy) is 2. The van der Waals surface area contributed by atoms with Crippen LogP contribution in [0.1, 0.15) is 12.8 Å². The lowest BCUT2D eigenvalue weighted by Gasteiger charge is -2.23. The summed E-state index contributed by atoms with van der Waals surface area (Å²) in [6.45, 7) is 0.0957. The average Bonchev–Trinajstić information content (AvgIpc) is 2.77. The number of para-hydroxylation sites is 2. The van der Waals surface area contributed by atoms with Gasteiger partial charge in [0.2, 0.25) is 11.8 Å². The van der Waals surface area contributed by atoms with E-state index in [2.05, 4.69) is 5.32 Å². The van der Waals surface area contributed by atoms with Crippen molar-refractivity contribution >= 4 is 35.2 Å². The van der Waals surface area contributed by atoms with Crippen molar-refractivity contribution in [2.75, 3.05) is 37.2 Å². The molecule has 1 aromatic carbocycles. The highest BCUT2D eigenvalue weighted by molar-refractivity contribution is 7.98. The molecule has 7 nitrogen and oxygen atoms in total. The van der Waals surface area contributed by atoms with Gasteiger partial charge in [-0.05, 0) is 30.6 Å². The molecule has 0 fully saturated rings. The van der Waals surface area contributed by atoms with Crippen molar-refractivity contribution in [2.45, 2.75) is 18.9 Å². The normalized spacial score (nSPS) is 14.8. The number of carbonyl (C=O) groups excluding carboxylic acids is 3. The van der Waals surface area contributed by atoms with Gasteiger partial charge in [-0.3, -0.25) is 14.5 Å². The van der Waals surface area contributed by atoms with Gasteiger partial charge in [0, 0.05) is 0 Å². The number of thioether (sulfide) groups is 1. The van der Waals surface area contributed by atoms with Gasteiger partial charge in [-0.1, -0.05) is 12.1 Å². The molecule has 8 heteroatoms. The van der Waals surface area contributed by atoms with Crippen LogP contribution in [0.4, 0.5) is 5.69 Å². The topological polar surface area (TPSA) is 84.9 Å². The molecule has 0 aromatic heterocycles. The molecule has 25 heavy (non-hydrogen) atoms. The van der Waals surface area contributed by atoms with E-state index in [1.54, 1.807) is 30.0 Å². The number of carbonyl (C=O) groups is 3. The number of hydrogen-bond acceptors (Lipinski definition) is 6. The van der Waals surface area contributed by atoms with Crippen LogP contribution in [0, 0.1) is 0 Å². The molecule has 0 bridgehead atoms. The minimum atomic E-state index is -0.724. The van der Waals surface area contributed by atoms with Gasteiger partial charge in [0.05, 0.1) is 25.8 Å². The molecular formula is C17H22N2O5S. The van der Waals surface area contributed by atoms with Gasteiger partial charge >= 0.3 is 5.97 Å². The van der Waals surface area contributed by atoms with Gasteiger partial charge in [-0.15, -0.1) is 0 Å². The fourth-order valence-electron chi connectivity index (χ4n) is 2.50. The second-order valence-corrected chi connectivity index (χ2v) is 6.46. The van der Waals surface area contributed by atoms with Crippen molar-refractivity contribution in [2.24, 2.45) is 0 Å². The largest absolute Gasteiger partial charge is 0.491 e. The van der Waals surface area contributed by atoms with E-state index in [0.717, 1.165) is 0 Å². The molecule has 136 valence electrons. The third-order valence-electron chi connectivity index (χ3n) is 3.76. The number of amides is 2. The van der Waals surface area contributed by atoms with Crippen molar-refractivity contribution in [3.8, 4) is 5.75 Å². The Balaban J connectivity index is 2.09. The number of esters is 1. The average molecular weight is 366 g/mol. The predicted molar refractivity (Wildman–Crippen MR) is 95.9 cm³/mol. The van der Waals surface area contributed by atoms with Gasteiger partial charge in [-0.25, -0.2) is 4.79 Å². The maximum absolute atomic E-state index is 12.4. The summed E-state index contributed by atoms with van der Waals surface area (Å²) in [5.74, 6) is 0.168. The number of hydrogen-bond donors (Lipinski definition) is 1. The molecule has 0 saturated carbocycles. The zero-order valence-electron chi connectivity index (χ0n) is 14.3. The van der Waals surface area contributed by atoms with Crippen LogP contribution in [0.2, 0.25) is 0 Å². The molecule has 0 unspecified atom stereocenters. The minimum Gasteiger partial charge on any atom is -0.491 e. The summed E-state index contributed by atoms with van der Waals surface area (Å²) in [7, 11) is 1.28. The molecule has 2 amide bonds. The molecule has 1 atom stereocenters. The van der Waals surface area contributed by atoms with E-state index in [4.69, 9.17) is 9.47 Å². The number of anilines is 1. The standard InChI is InChI=1S/C17H22N2O5S/c1-23-17(22)12(8-10-25-2)18-15(20)11-19-13-5-3-4-6-14(13)24-9-7-16(19)21/h3-6,12H,7-11H2,1-2H3,(H,18,20)/t12-/m1/s1. The Hall–Kier alpha value is -2.22. The second kappa shape index (κ2) is 9.31. The Morgan fingerprint density at radius 3 is 2.88 bits per heavy atom. The summed E-state index contributed by atoms with van der Waals surface area (Å²) in [6, 6.07) is 6.36. The first kappa shape index (κ1) is 19.1. The van der Waals surface area contributed by atoms with Crippen molar-refractivity contribution in [3.05, 3.63) is 24.3 Å². The summed E-state index contributed by atoms with van der Waals surface area (Å²) in [5.41, 5.74) is 0.555. The Morgan fingerprint density at radius 2 is 2.16 bits per heavy atom. The van der Waals surface area contributed by atoms with Crippen LogP contribution in [0.5, 0.6) is 5.75 Å². The van der Waals surface area contributed by atoms with Crippen LogP contribution in [0.15, 0.2) is 24.3 Å². The van der Waals surface area contributed by atoms with Crippen molar-refractivity contribution in [3.63, 3.8) is 0 Å². The van der Waals surface area contributed by atoms with E-state index in [-0.39, 0.29) is 25.5 Å². The quantitative estimate of drug-likeness (QED) is 0.730. The Kier molecular flexibility index (Phi) is 7.12. The first-order chi connectivity index (χ1) is 12.1. The maximum Gasteiger partial charge on any atom is 0.328 e. The highest BCUT2D eigenvalue weighted by Gasteiger charge is 2.27. The SMILES string of the molecule is COC(=O)[C@@H](CCSC)NC(=O)CN1C(=O)CCOc2ccccc21. The lowest BCUT2D eigenvalue weighted by Crippen LogP contribution is -2.47. The van der Waals surface area contributed by atoms with E-state index in [1.165, 1.54) is 12.0 Å². The number of nitrogens with one attached hydrogen (secondary N) is 1. The highest BCUT2D eigenvalue weighted by atomic mass is 32.2. The first-order valence-electron chi connectivity index (χ1n) is 7.95. The monoisotopic (exact) mass is 366 g/mol. The third-order valence-corrected chi connectivity index (χ3v) is 4.41. The predicted octanol–water partition coefficient (Wildman–Crippen LogP) is 1.21. The Labute approximate surface area is 151 Å². The highest BCUT2D eigenvalue weighted by Crippen LogP contribution is 2.30. The van der Waals surface area contributed by atoms with Crippen LogP contribution >= 0.6 is 11.8 Å². The molecule has 0 aliphatic carbocycles. The number of methoxy groups -OCH3 is 1. The number of fused-ring (bicyclic) bond motifs is 1. The zero-order valence-corrected chi connectivity index (χ0v) is 15.1. The molecular weight excluding hydrogens is 344 g/mol. The number of rotatable bonds is 7. The van der Waals surface area contributed by atoms with Gasteiger partial charge < -0.3 is 14.8 Å². The lowest BCUT2D eigenvalue weighted by molar-refractivity contribution is -0.145. The maximum atomic E-state index is 12.4. The summed E-state index contributed by atoms with van der Waals surface area (Å²) >= 11 is 1.57. The molecule has 1 aromatic rings. The fourth-order valence-corrected chi connectivity index (χ4v) is 2.98. The Morgan fingerprint density at radius 1 is 1.40 bits per heavy atom. The summed E-state index contributed by atoms with van der Waals surface area (Å²) < 4.78 is 10.3. The zero-order chi connectivity index (χ0) is 18.2.